The van der Waals surface area contributed by atoms with Gasteiger partial charge in [-0.15, -0.1) is 0 Å². The molecule has 1 aliphatic heterocycles. The Kier molecular flexibility index (Phi) is 4.23. The summed E-state index contributed by atoms with van der Waals surface area (Å²) >= 11 is 0. The second-order valence-electron chi connectivity index (χ2n) is 6.17. The van der Waals surface area contributed by atoms with Crippen LogP contribution in [0.3, 0.4) is 0 Å². The number of rotatable bonds is 3. The predicted molar refractivity (Wildman–Crippen MR) is 96.7 cm³/mol. The van der Waals surface area contributed by atoms with Crippen LogP contribution in [0.25, 0.3) is 5.76 Å². The number of carbonyl (C=O) groups is 2. The van der Waals surface area contributed by atoms with Crippen LogP contribution in [0.4, 0.5) is 10.3 Å². The maximum absolute atomic E-state index is 13.2. The van der Waals surface area contributed by atoms with Gasteiger partial charge in [0, 0.05) is 18.0 Å². The number of ketones is 1. The van der Waals surface area contributed by atoms with Gasteiger partial charge in [0.2, 0.25) is 5.95 Å². The molecule has 1 N–H and O–H groups in total. The zero-order valence-corrected chi connectivity index (χ0v) is 14.7. The summed E-state index contributed by atoms with van der Waals surface area (Å²) in [7, 11) is 0. The van der Waals surface area contributed by atoms with Crippen LogP contribution in [0.15, 0.2) is 64.8 Å². The summed E-state index contributed by atoms with van der Waals surface area (Å²) in [5.41, 5.74) is 0.0140. The van der Waals surface area contributed by atoms with Gasteiger partial charge in [0.15, 0.2) is 0 Å². The summed E-state index contributed by atoms with van der Waals surface area (Å²) in [6.45, 7) is 1.72. The van der Waals surface area contributed by atoms with Gasteiger partial charge in [-0.3, -0.25) is 14.5 Å². The minimum Gasteiger partial charge on any atom is -0.507 e. The molecule has 1 aliphatic rings. The first-order valence-electron chi connectivity index (χ1n) is 8.37. The van der Waals surface area contributed by atoms with E-state index in [2.05, 4.69) is 9.97 Å². The Hall–Kier alpha value is -3.81. The van der Waals surface area contributed by atoms with Crippen LogP contribution in [0.1, 0.15) is 23.1 Å². The van der Waals surface area contributed by atoms with Crippen molar-refractivity contribution in [2.24, 2.45) is 0 Å². The highest BCUT2D eigenvalue weighted by molar-refractivity contribution is 6.51. The van der Waals surface area contributed by atoms with E-state index in [-0.39, 0.29) is 22.8 Å². The summed E-state index contributed by atoms with van der Waals surface area (Å²) in [6.07, 6.45) is 2.87. The minimum absolute atomic E-state index is 0.00168. The number of aryl methyl sites for hydroxylation is 1. The van der Waals surface area contributed by atoms with Crippen molar-refractivity contribution >= 4 is 23.4 Å². The van der Waals surface area contributed by atoms with E-state index in [0.717, 1.165) is 17.0 Å². The molecule has 8 heteroatoms. The highest BCUT2D eigenvalue weighted by Crippen LogP contribution is 2.41. The van der Waals surface area contributed by atoms with Gasteiger partial charge in [0.25, 0.3) is 5.78 Å². The van der Waals surface area contributed by atoms with Crippen molar-refractivity contribution in [1.82, 2.24) is 9.97 Å². The number of aromatic nitrogens is 2. The molecule has 2 aromatic heterocycles. The number of amides is 1. The van der Waals surface area contributed by atoms with E-state index in [9.17, 15) is 19.1 Å². The maximum Gasteiger partial charge on any atom is 0.302 e. The van der Waals surface area contributed by atoms with Crippen molar-refractivity contribution in [2.45, 2.75) is 13.0 Å². The summed E-state index contributed by atoms with van der Waals surface area (Å²) in [5.74, 6) is -1.89. The lowest BCUT2D eigenvalue weighted by Crippen LogP contribution is -2.30. The monoisotopic (exact) mass is 379 g/mol. The fourth-order valence-corrected chi connectivity index (χ4v) is 3.09. The van der Waals surface area contributed by atoms with Gasteiger partial charge in [0.1, 0.15) is 29.1 Å². The normalized spacial score (nSPS) is 18.6. The Labute approximate surface area is 158 Å². The molecule has 4 rings (SSSR count). The third kappa shape index (κ3) is 2.84. The van der Waals surface area contributed by atoms with E-state index in [0.29, 0.717) is 5.76 Å². The van der Waals surface area contributed by atoms with Crippen LogP contribution < -0.4 is 4.90 Å². The minimum atomic E-state index is -1.05. The Morgan fingerprint density at radius 1 is 1.11 bits per heavy atom. The van der Waals surface area contributed by atoms with Gasteiger partial charge in [0.05, 0.1) is 5.57 Å². The number of benzene rings is 1. The molecule has 1 saturated heterocycles. The maximum atomic E-state index is 13.2. The molecule has 0 aliphatic carbocycles. The summed E-state index contributed by atoms with van der Waals surface area (Å²) in [4.78, 5) is 34.7. The number of anilines is 1. The lowest BCUT2D eigenvalue weighted by molar-refractivity contribution is -0.132. The van der Waals surface area contributed by atoms with Crippen LogP contribution in [0, 0.1) is 12.7 Å². The molecule has 7 nitrogen and oxygen atoms in total. The van der Waals surface area contributed by atoms with E-state index >= 15 is 0 Å². The van der Waals surface area contributed by atoms with Crippen molar-refractivity contribution < 1.29 is 23.5 Å². The molecule has 0 radical (unpaired) electrons. The number of carbonyl (C=O) groups excluding carboxylic acids is 2. The van der Waals surface area contributed by atoms with Crippen molar-refractivity contribution in [1.29, 1.82) is 0 Å². The van der Waals surface area contributed by atoms with Gasteiger partial charge >= 0.3 is 5.91 Å². The fraction of sp³-hybridized carbons (Fsp3) is 0.100. The van der Waals surface area contributed by atoms with Crippen molar-refractivity contribution in [3.8, 4) is 0 Å². The van der Waals surface area contributed by atoms with Crippen LogP contribution in [0.2, 0.25) is 0 Å². The van der Waals surface area contributed by atoms with Crippen LogP contribution in [0.5, 0.6) is 0 Å². The number of halogens is 1. The predicted octanol–water partition coefficient (Wildman–Crippen LogP) is 3.14. The lowest BCUT2D eigenvalue weighted by atomic mass is 9.99. The van der Waals surface area contributed by atoms with E-state index in [1.165, 1.54) is 24.5 Å². The third-order valence-electron chi connectivity index (χ3n) is 4.36. The molecular formula is C20H14FN3O4. The van der Waals surface area contributed by atoms with Gasteiger partial charge in [-0.1, -0.05) is 0 Å². The van der Waals surface area contributed by atoms with Gasteiger partial charge in [-0.25, -0.2) is 14.4 Å². The molecule has 3 heterocycles. The first-order chi connectivity index (χ1) is 13.5. The highest BCUT2D eigenvalue weighted by Gasteiger charge is 2.49. The Bertz CT molecular complexity index is 1090. The number of hydrogen-bond donors (Lipinski definition) is 1. The molecule has 0 saturated carbocycles. The number of hydrogen-bond acceptors (Lipinski definition) is 6. The zero-order valence-electron chi connectivity index (χ0n) is 14.7. The lowest BCUT2D eigenvalue weighted by Gasteiger charge is -2.21. The Morgan fingerprint density at radius 3 is 2.39 bits per heavy atom. The summed E-state index contributed by atoms with van der Waals surface area (Å²) in [6, 6.07) is 8.75. The largest absolute Gasteiger partial charge is 0.507 e. The number of furan rings is 1. The van der Waals surface area contributed by atoms with Crippen molar-refractivity contribution in [3.05, 3.63) is 83.3 Å². The molecule has 1 amide bonds. The van der Waals surface area contributed by atoms with E-state index < -0.39 is 29.3 Å². The molecule has 1 unspecified atom stereocenters. The van der Waals surface area contributed by atoms with Crippen LogP contribution in [-0.4, -0.2) is 26.8 Å². The average molecular weight is 379 g/mol. The summed E-state index contributed by atoms with van der Waals surface area (Å²) < 4.78 is 18.9. The number of Topliss-reactive ketones (excluding diaryl/α,β-unsaturated/α-hetero) is 1. The first kappa shape index (κ1) is 17.6. The summed E-state index contributed by atoms with van der Waals surface area (Å²) in [5, 5.41) is 10.8. The quantitative estimate of drug-likeness (QED) is 0.427. The van der Waals surface area contributed by atoms with Crippen LogP contribution in [-0.2, 0) is 9.59 Å². The average Bonchev–Trinajstić information content (AvgIpc) is 3.24. The number of aliphatic hydroxyl groups is 1. The molecule has 1 aromatic carbocycles. The third-order valence-corrected chi connectivity index (χ3v) is 4.36. The standard InChI is InChI=1S/C20H14FN3O4/c1-11-3-8-14(28-11)16-15(17(25)12-4-6-13(21)7-5-12)18(26)19(27)24(16)20-22-9-2-10-23-20/h2-10,16,25H,1H3/b17-15-. The zero-order chi connectivity index (χ0) is 19.8. The van der Waals surface area contributed by atoms with Crippen molar-refractivity contribution in [3.63, 3.8) is 0 Å². The molecule has 1 fully saturated rings. The Morgan fingerprint density at radius 2 is 1.79 bits per heavy atom. The number of nitrogens with zero attached hydrogens (tertiary/aromatic N) is 3. The Balaban J connectivity index is 1.93. The fourth-order valence-electron chi connectivity index (χ4n) is 3.09. The van der Waals surface area contributed by atoms with Crippen molar-refractivity contribution in [2.75, 3.05) is 4.90 Å². The second-order valence-corrected chi connectivity index (χ2v) is 6.17. The molecule has 0 spiro atoms. The highest BCUT2D eigenvalue weighted by atomic mass is 19.1. The number of aliphatic hydroxyl groups excluding tert-OH is 1. The first-order valence-corrected chi connectivity index (χ1v) is 8.37. The molecule has 0 bridgehead atoms. The topological polar surface area (TPSA) is 96.5 Å². The van der Waals surface area contributed by atoms with Gasteiger partial charge < -0.3 is 9.52 Å². The van der Waals surface area contributed by atoms with Gasteiger partial charge in [-0.2, -0.15) is 0 Å². The second kappa shape index (κ2) is 6.73. The van der Waals surface area contributed by atoms with E-state index in [1.807, 2.05) is 0 Å². The van der Waals surface area contributed by atoms with Crippen LogP contribution >= 0.6 is 0 Å². The molecule has 3 aromatic rings. The smallest absolute Gasteiger partial charge is 0.302 e. The molecule has 1 atom stereocenters. The van der Waals surface area contributed by atoms with E-state index in [1.54, 1.807) is 25.1 Å². The van der Waals surface area contributed by atoms with Gasteiger partial charge in [-0.05, 0) is 49.4 Å². The molecule has 28 heavy (non-hydrogen) atoms. The molecule has 140 valence electrons. The SMILES string of the molecule is Cc1ccc(C2/C(=C(/O)c3ccc(F)cc3)C(=O)C(=O)N2c2ncccn2)o1. The molecular weight excluding hydrogens is 365 g/mol. The van der Waals surface area contributed by atoms with E-state index in [4.69, 9.17) is 4.42 Å².